The van der Waals surface area contributed by atoms with Crippen LogP contribution in [0.2, 0.25) is 0 Å². The van der Waals surface area contributed by atoms with E-state index in [-0.39, 0.29) is 13.4 Å². The number of rotatable bonds is 4. The molecule has 0 saturated carbocycles. The van der Waals surface area contributed by atoms with Gasteiger partial charge in [0.15, 0.2) is 0 Å². The molecule has 0 bridgehead atoms. The summed E-state index contributed by atoms with van der Waals surface area (Å²) < 4.78 is 2.83. The number of aliphatic imine (C=N–C) groups is 1. The Labute approximate surface area is 133 Å². The van der Waals surface area contributed by atoms with Gasteiger partial charge in [0, 0.05) is 57.5 Å². The van der Waals surface area contributed by atoms with Crippen LogP contribution in [0.5, 0.6) is 0 Å². The SMILES string of the molecule is C.C1CC2=NCCN2C1.NC(N)=NCl.NCCNCCN. The number of nitrogens with one attached hydrogen (secondary N) is 1. The number of nitrogens with zero attached hydrogens (tertiary/aromatic N) is 3. The maximum absolute atomic E-state index is 5.17. The normalized spacial score (nSPS) is 14.6. The smallest absolute Gasteiger partial charge is 0.203 e. The molecule has 0 atom stereocenters. The number of nitrogens with two attached hydrogens (primary N) is 4. The predicted molar refractivity (Wildman–Crippen MR) is 92.5 cm³/mol. The van der Waals surface area contributed by atoms with Crippen LogP contribution in [-0.4, -0.2) is 62.5 Å². The summed E-state index contributed by atoms with van der Waals surface area (Å²) in [5.74, 6) is 1.26. The zero-order chi connectivity index (χ0) is 15.2. The molecule has 2 rings (SSSR count). The highest BCUT2D eigenvalue weighted by Crippen LogP contribution is 2.14. The van der Waals surface area contributed by atoms with Gasteiger partial charge in [-0.1, -0.05) is 7.43 Å². The summed E-state index contributed by atoms with van der Waals surface area (Å²) in [4.78, 5) is 6.73. The highest BCUT2D eigenvalue weighted by Gasteiger charge is 2.20. The molecular formula is C12H31ClN8. The van der Waals surface area contributed by atoms with Gasteiger partial charge in [-0.3, -0.25) is 4.99 Å². The van der Waals surface area contributed by atoms with E-state index in [0.717, 1.165) is 19.6 Å². The first-order chi connectivity index (χ1) is 9.65. The summed E-state index contributed by atoms with van der Waals surface area (Å²) in [6.07, 6.45) is 2.57. The van der Waals surface area contributed by atoms with Gasteiger partial charge in [0.1, 0.15) is 0 Å². The minimum Gasteiger partial charge on any atom is -0.369 e. The van der Waals surface area contributed by atoms with Crippen LogP contribution < -0.4 is 28.3 Å². The van der Waals surface area contributed by atoms with Gasteiger partial charge in [0.2, 0.25) is 5.96 Å². The minimum atomic E-state index is -0.105. The number of amidine groups is 1. The quantitative estimate of drug-likeness (QED) is 0.256. The van der Waals surface area contributed by atoms with Crippen LogP contribution in [-0.2, 0) is 0 Å². The summed E-state index contributed by atoms with van der Waals surface area (Å²) in [5, 5.41) is 3.03. The van der Waals surface area contributed by atoms with E-state index in [9.17, 15) is 0 Å². The van der Waals surface area contributed by atoms with E-state index in [4.69, 9.17) is 11.5 Å². The molecule has 0 unspecified atom stereocenters. The van der Waals surface area contributed by atoms with Crippen LogP contribution in [0.4, 0.5) is 0 Å². The Morgan fingerprint density at radius 1 is 1.24 bits per heavy atom. The van der Waals surface area contributed by atoms with Gasteiger partial charge in [0.05, 0.1) is 12.4 Å². The molecular weight excluding hydrogens is 292 g/mol. The average molecular weight is 323 g/mol. The van der Waals surface area contributed by atoms with Gasteiger partial charge in [-0.15, -0.1) is 4.51 Å². The van der Waals surface area contributed by atoms with Crippen molar-refractivity contribution in [1.29, 1.82) is 0 Å². The maximum Gasteiger partial charge on any atom is 0.203 e. The average Bonchev–Trinajstić information content (AvgIpc) is 3.04. The predicted octanol–water partition coefficient (Wildman–Crippen LogP) is -0.963. The van der Waals surface area contributed by atoms with Crippen LogP contribution in [0.15, 0.2) is 9.50 Å². The molecule has 0 spiro atoms. The molecule has 0 amide bonds. The Kier molecular flexibility index (Phi) is 16.2. The molecule has 2 heterocycles. The molecule has 1 saturated heterocycles. The van der Waals surface area contributed by atoms with Gasteiger partial charge >= 0.3 is 0 Å². The molecule has 0 aromatic heterocycles. The highest BCUT2D eigenvalue weighted by atomic mass is 35.5. The van der Waals surface area contributed by atoms with Gasteiger partial charge in [0.25, 0.3) is 0 Å². The Bertz CT molecular complexity index is 287. The largest absolute Gasteiger partial charge is 0.369 e. The van der Waals surface area contributed by atoms with Crippen molar-refractivity contribution in [2.45, 2.75) is 20.3 Å². The van der Waals surface area contributed by atoms with Crippen molar-refractivity contribution < 1.29 is 0 Å². The van der Waals surface area contributed by atoms with Crippen molar-refractivity contribution in [3.8, 4) is 0 Å². The first-order valence-corrected chi connectivity index (χ1v) is 7.08. The van der Waals surface area contributed by atoms with Crippen molar-refractivity contribution in [2.75, 3.05) is 45.8 Å². The minimum absolute atomic E-state index is 0. The van der Waals surface area contributed by atoms with Crippen molar-refractivity contribution in [3.05, 3.63) is 0 Å². The molecule has 8 nitrogen and oxygen atoms in total. The number of guanidine groups is 1. The topological polar surface area (TPSA) is 144 Å². The number of fused-ring (bicyclic) bond motifs is 1. The Morgan fingerprint density at radius 2 is 1.81 bits per heavy atom. The Hall–Kier alpha value is -1.09. The van der Waals surface area contributed by atoms with Crippen molar-refractivity contribution in [3.63, 3.8) is 0 Å². The fourth-order valence-corrected chi connectivity index (χ4v) is 1.76. The van der Waals surface area contributed by atoms with E-state index in [1.807, 2.05) is 0 Å². The molecule has 0 aliphatic carbocycles. The van der Waals surface area contributed by atoms with Gasteiger partial charge in [-0.05, 0) is 6.42 Å². The molecule has 2 aliphatic heterocycles. The lowest BCUT2D eigenvalue weighted by molar-refractivity contribution is 0.492. The summed E-state index contributed by atoms with van der Waals surface area (Å²) in [5.41, 5.74) is 19.7. The lowest BCUT2D eigenvalue weighted by Gasteiger charge is -2.08. The number of halogens is 1. The summed E-state index contributed by atoms with van der Waals surface area (Å²) >= 11 is 4.67. The molecule has 0 radical (unpaired) electrons. The Morgan fingerprint density at radius 3 is 2.24 bits per heavy atom. The van der Waals surface area contributed by atoms with E-state index in [1.54, 1.807) is 0 Å². The number of hydrogen-bond donors (Lipinski definition) is 5. The summed E-state index contributed by atoms with van der Waals surface area (Å²) in [6.45, 7) is 6.64. The Balaban J connectivity index is 0. The van der Waals surface area contributed by atoms with Crippen LogP contribution in [0.3, 0.4) is 0 Å². The molecule has 21 heavy (non-hydrogen) atoms. The highest BCUT2D eigenvalue weighted by molar-refractivity contribution is 6.19. The number of hydrogen-bond acceptors (Lipinski definition) is 6. The lowest BCUT2D eigenvalue weighted by Crippen LogP contribution is -2.27. The molecule has 1 fully saturated rings. The zero-order valence-electron chi connectivity index (χ0n) is 11.9. The van der Waals surface area contributed by atoms with E-state index >= 15 is 0 Å². The van der Waals surface area contributed by atoms with Crippen LogP contribution in [0, 0.1) is 0 Å². The third-order valence-electron chi connectivity index (χ3n) is 2.60. The van der Waals surface area contributed by atoms with E-state index in [1.165, 1.54) is 31.8 Å². The lowest BCUT2D eigenvalue weighted by atomic mass is 10.4. The van der Waals surface area contributed by atoms with E-state index in [2.05, 4.69) is 43.0 Å². The fourth-order valence-electron chi connectivity index (χ4n) is 1.76. The summed E-state index contributed by atoms with van der Waals surface area (Å²) in [6, 6.07) is 0. The van der Waals surface area contributed by atoms with Gasteiger partial charge in [-0.2, -0.15) is 0 Å². The molecule has 2 aliphatic rings. The zero-order valence-corrected chi connectivity index (χ0v) is 12.6. The first-order valence-electron chi connectivity index (χ1n) is 6.74. The van der Waals surface area contributed by atoms with Gasteiger partial charge < -0.3 is 33.2 Å². The van der Waals surface area contributed by atoms with Crippen LogP contribution in [0.1, 0.15) is 20.3 Å². The van der Waals surface area contributed by atoms with Gasteiger partial charge in [-0.25, -0.2) is 0 Å². The van der Waals surface area contributed by atoms with Crippen LogP contribution in [0.25, 0.3) is 0 Å². The fraction of sp³-hybridized carbons (Fsp3) is 0.833. The summed E-state index contributed by atoms with van der Waals surface area (Å²) in [7, 11) is 0. The van der Waals surface area contributed by atoms with Crippen LogP contribution >= 0.6 is 11.8 Å². The van der Waals surface area contributed by atoms with Crippen molar-refractivity contribution in [2.24, 2.45) is 32.4 Å². The van der Waals surface area contributed by atoms with Crippen molar-refractivity contribution >= 4 is 23.6 Å². The van der Waals surface area contributed by atoms with Crippen molar-refractivity contribution in [1.82, 2.24) is 10.2 Å². The monoisotopic (exact) mass is 322 g/mol. The maximum atomic E-state index is 5.17. The second-order valence-corrected chi connectivity index (χ2v) is 4.39. The second-order valence-electron chi connectivity index (χ2n) is 4.23. The molecule has 0 aromatic carbocycles. The first kappa shape index (κ1) is 22.2. The third kappa shape index (κ3) is 12.4. The molecule has 9 N–H and O–H groups in total. The standard InChI is InChI=1S/C6H10N2.C4H13N3.CH4ClN3.CH4/c1-2-6-7-3-5-8(6)4-1;5-1-3-7-4-2-6;2-5-1(3)4;/h1-5H2;7H,1-6H2;(H4,3,4,5);1H4. The second kappa shape index (κ2) is 15.3. The molecule has 0 aromatic rings. The molecule has 126 valence electrons. The molecule has 9 heteroatoms. The van der Waals surface area contributed by atoms with E-state index < -0.39 is 0 Å². The third-order valence-corrected chi connectivity index (χ3v) is 2.79. The van der Waals surface area contributed by atoms with E-state index in [0.29, 0.717) is 13.1 Å².